The first-order chi connectivity index (χ1) is 8.70. The van der Waals surface area contributed by atoms with Crippen LogP contribution in [0.4, 0.5) is 0 Å². The van der Waals surface area contributed by atoms with E-state index in [9.17, 15) is 0 Å². The van der Waals surface area contributed by atoms with Gasteiger partial charge in [-0.1, -0.05) is 6.07 Å². The molecule has 1 aliphatic carbocycles. The molecule has 0 saturated heterocycles. The van der Waals surface area contributed by atoms with E-state index in [1.807, 2.05) is 18.2 Å². The van der Waals surface area contributed by atoms with Crippen molar-refractivity contribution in [2.45, 2.75) is 31.9 Å². The predicted molar refractivity (Wildman–Crippen MR) is 68.2 cm³/mol. The summed E-state index contributed by atoms with van der Waals surface area (Å²) in [6, 6.07) is 8.22. The first kappa shape index (κ1) is 12.9. The normalized spacial score (nSPS) is 19.1. The van der Waals surface area contributed by atoms with Gasteiger partial charge < -0.3 is 15.2 Å². The second kappa shape index (κ2) is 5.85. The Bertz CT molecular complexity index is 454. The number of rotatable bonds is 5. The summed E-state index contributed by atoms with van der Waals surface area (Å²) in [6.45, 7) is 2.60. The minimum absolute atomic E-state index is 0.175. The molecule has 0 spiro atoms. The number of nitrogens with two attached hydrogens (primary N) is 1. The summed E-state index contributed by atoms with van der Waals surface area (Å²) in [5.41, 5.74) is 8.49. The van der Waals surface area contributed by atoms with Gasteiger partial charge in [0.1, 0.15) is 18.5 Å². The van der Waals surface area contributed by atoms with Gasteiger partial charge in [0, 0.05) is 6.04 Å². The van der Waals surface area contributed by atoms with Crippen LogP contribution < -0.4 is 10.5 Å². The zero-order valence-electron chi connectivity index (χ0n) is 10.6. The maximum absolute atomic E-state index is 8.55. The molecule has 0 aromatic heterocycles. The average molecular weight is 246 g/mol. The molecule has 0 saturated carbocycles. The molecular formula is C14H18N2O2. The molecule has 4 nitrogen and oxygen atoms in total. The van der Waals surface area contributed by atoms with E-state index in [0.717, 1.165) is 18.6 Å². The lowest BCUT2D eigenvalue weighted by molar-refractivity contribution is 0.0744. The van der Waals surface area contributed by atoms with Gasteiger partial charge in [0.05, 0.1) is 12.7 Å². The van der Waals surface area contributed by atoms with Gasteiger partial charge in [0.15, 0.2) is 0 Å². The van der Waals surface area contributed by atoms with Crippen LogP contribution in [0.1, 0.15) is 30.5 Å². The van der Waals surface area contributed by atoms with Crippen molar-refractivity contribution in [3.63, 3.8) is 0 Å². The van der Waals surface area contributed by atoms with Crippen molar-refractivity contribution < 1.29 is 9.47 Å². The van der Waals surface area contributed by atoms with E-state index in [0.29, 0.717) is 13.2 Å². The van der Waals surface area contributed by atoms with Gasteiger partial charge in [-0.2, -0.15) is 5.26 Å². The van der Waals surface area contributed by atoms with Crippen LogP contribution in [0.3, 0.4) is 0 Å². The number of hydrogen-bond acceptors (Lipinski definition) is 4. The van der Waals surface area contributed by atoms with E-state index < -0.39 is 0 Å². The van der Waals surface area contributed by atoms with Crippen LogP contribution in [0.25, 0.3) is 0 Å². The van der Waals surface area contributed by atoms with Crippen LogP contribution in [0.15, 0.2) is 18.2 Å². The predicted octanol–water partition coefficient (Wildman–Crippen LogP) is 1.94. The van der Waals surface area contributed by atoms with Gasteiger partial charge in [0.25, 0.3) is 0 Å². The molecule has 0 fully saturated rings. The van der Waals surface area contributed by atoms with Gasteiger partial charge in [-0.3, -0.25) is 0 Å². The van der Waals surface area contributed by atoms with Crippen molar-refractivity contribution in [3.05, 3.63) is 29.3 Å². The van der Waals surface area contributed by atoms with Crippen molar-refractivity contribution in [2.24, 2.45) is 5.73 Å². The van der Waals surface area contributed by atoms with E-state index in [2.05, 4.69) is 6.07 Å². The third-order valence-electron chi connectivity index (χ3n) is 3.14. The molecule has 0 aliphatic heterocycles. The molecule has 1 aliphatic rings. The molecule has 0 bridgehead atoms. The van der Waals surface area contributed by atoms with E-state index >= 15 is 0 Å². The second-order valence-electron chi connectivity index (χ2n) is 4.50. The first-order valence-electron chi connectivity index (χ1n) is 6.23. The zero-order chi connectivity index (χ0) is 13.0. The Balaban J connectivity index is 1.83. The van der Waals surface area contributed by atoms with Gasteiger partial charge in [-0.15, -0.1) is 0 Å². The molecule has 2 atom stereocenters. The number of nitrogens with zero attached hydrogens (tertiary/aromatic N) is 1. The van der Waals surface area contributed by atoms with Crippen molar-refractivity contribution >= 4 is 0 Å². The van der Waals surface area contributed by atoms with Gasteiger partial charge in [0.2, 0.25) is 0 Å². The molecule has 2 rings (SSSR count). The van der Waals surface area contributed by atoms with Crippen LogP contribution in [-0.4, -0.2) is 19.3 Å². The summed E-state index contributed by atoms with van der Waals surface area (Å²) in [5.74, 6) is 0.844. The molecule has 0 amide bonds. The summed E-state index contributed by atoms with van der Waals surface area (Å²) in [4.78, 5) is 0. The quantitative estimate of drug-likeness (QED) is 0.806. The number of hydrogen-bond donors (Lipinski definition) is 1. The Morgan fingerprint density at radius 2 is 2.33 bits per heavy atom. The molecule has 0 radical (unpaired) electrons. The highest BCUT2D eigenvalue weighted by Gasteiger charge is 2.18. The average Bonchev–Trinajstić information content (AvgIpc) is 2.76. The van der Waals surface area contributed by atoms with Crippen molar-refractivity contribution in [2.75, 3.05) is 13.2 Å². The second-order valence-corrected chi connectivity index (χ2v) is 4.50. The fourth-order valence-corrected chi connectivity index (χ4v) is 2.14. The molecule has 96 valence electrons. The number of fused-ring (bicyclic) bond motifs is 1. The third kappa shape index (κ3) is 3.00. The Morgan fingerprint density at radius 3 is 3.11 bits per heavy atom. The zero-order valence-corrected chi connectivity index (χ0v) is 10.6. The lowest BCUT2D eigenvalue weighted by Crippen LogP contribution is -2.12. The van der Waals surface area contributed by atoms with Crippen molar-refractivity contribution in [1.29, 1.82) is 5.26 Å². The topological polar surface area (TPSA) is 68.3 Å². The highest BCUT2D eigenvalue weighted by molar-refractivity contribution is 5.40. The fourth-order valence-electron chi connectivity index (χ4n) is 2.14. The van der Waals surface area contributed by atoms with E-state index in [-0.39, 0.29) is 12.1 Å². The minimum atomic E-state index is -0.383. The van der Waals surface area contributed by atoms with E-state index in [4.69, 9.17) is 20.5 Å². The van der Waals surface area contributed by atoms with Crippen molar-refractivity contribution in [1.82, 2.24) is 0 Å². The Morgan fingerprint density at radius 1 is 1.50 bits per heavy atom. The molecule has 2 N–H and O–H groups in total. The molecule has 0 heterocycles. The van der Waals surface area contributed by atoms with Crippen LogP contribution in [0, 0.1) is 11.3 Å². The molecule has 18 heavy (non-hydrogen) atoms. The van der Waals surface area contributed by atoms with Crippen molar-refractivity contribution in [3.8, 4) is 11.8 Å². The largest absolute Gasteiger partial charge is 0.491 e. The lowest BCUT2D eigenvalue weighted by atomic mass is 10.1. The molecule has 4 heteroatoms. The summed E-state index contributed by atoms with van der Waals surface area (Å²) >= 11 is 0. The maximum Gasteiger partial charge on any atom is 0.141 e. The SMILES string of the molecule is CC(C#N)OCCOc1ccc2c(c1)CC[C@H]2N. The number of aryl methyl sites for hydroxylation is 1. The molecular weight excluding hydrogens is 228 g/mol. The highest BCUT2D eigenvalue weighted by atomic mass is 16.5. The Hall–Kier alpha value is -1.57. The fraction of sp³-hybridized carbons (Fsp3) is 0.500. The third-order valence-corrected chi connectivity index (χ3v) is 3.14. The van der Waals surface area contributed by atoms with Crippen LogP contribution in [0.5, 0.6) is 5.75 Å². The number of nitriles is 1. The number of ether oxygens (including phenoxy) is 2. The summed E-state index contributed by atoms with van der Waals surface area (Å²) in [5, 5.41) is 8.55. The lowest BCUT2D eigenvalue weighted by Gasteiger charge is -2.10. The van der Waals surface area contributed by atoms with Crippen LogP contribution >= 0.6 is 0 Å². The van der Waals surface area contributed by atoms with Gasteiger partial charge >= 0.3 is 0 Å². The summed E-state index contributed by atoms with van der Waals surface area (Å²) in [7, 11) is 0. The smallest absolute Gasteiger partial charge is 0.141 e. The van der Waals surface area contributed by atoms with Gasteiger partial charge in [-0.05, 0) is 43.0 Å². The summed E-state index contributed by atoms with van der Waals surface area (Å²) < 4.78 is 10.8. The van der Waals surface area contributed by atoms with E-state index in [1.165, 1.54) is 11.1 Å². The standard InChI is InChI=1S/C14H18N2O2/c1-10(9-15)17-6-7-18-12-3-4-13-11(8-12)2-5-14(13)16/h3-4,8,10,14H,2,5-7,16H2,1H3/t10?,14-/m1/s1. The van der Waals surface area contributed by atoms with Crippen LogP contribution in [-0.2, 0) is 11.2 Å². The maximum atomic E-state index is 8.55. The van der Waals surface area contributed by atoms with E-state index in [1.54, 1.807) is 6.92 Å². The van der Waals surface area contributed by atoms with Crippen LogP contribution in [0.2, 0.25) is 0 Å². The monoisotopic (exact) mass is 246 g/mol. The Labute approximate surface area is 107 Å². The first-order valence-corrected chi connectivity index (χ1v) is 6.23. The highest BCUT2D eigenvalue weighted by Crippen LogP contribution is 2.31. The molecule has 1 aromatic carbocycles. The number of benzene rings is 1. The minimum Gasteiger partial charge on any atom is -0.491 e. The summed E-state index contributed by atoms with van der Waals surface area (Å²) in [6.07, 6.45) is 1.66. The molecule has 1 aromatic rings. The van der Waals surface area contributed by atoms with Gasteiger partial charge in [-0.25, -0.2) is 0 Å². The molecule has 1 unspecified atom stereocenters. The Kier molecular flexibility index (Phi) is 4.19.